The van der Waals surface area contributed by atoms with Gasteiger partial charge in [-0.05, 0) is 25.1 Å². The van der Waals surface area contributed by atoms with Crippen molar-refractivity contribution in [3.05, 3.63) is 72.7 Å². The van der Waals surface area contributed by atoms with Gasteiger partial charge in [0.25, 0.3) is 0 Å². The normalized spacial score (nSPS) is 12.2. The molecule has 0 aliphatic rings. The van der Waals surface area contributed by atoms with Crippen molar-refractivity contribution in [2.24, 2.45) is 0 Å². The fraction of sp³-hybridized carbons (Fsp3) is 0.111. The predicted octanol–water partition coefficient (Wildman–Crippen LogP) is 3.50. The molecule has 4 aromatic rings. The van der Waals surface area contributed by atoms with Crippen molar-refractivity contribution in [3.8, 4) is 11.3 Å². The molecule has 0 aliphatic carbocycles. The van der Waals surface area contributed by atoms with Gasteiger partial charge in [-0.2, -0.15) is 9.61 Å². The van der Waals surface area contributed by atoms with Crippen LogP contribution < -0.4 is 5.32 Å². The second kappa shape index (κ2) is 6.27. The lowest BCUT2D eigenvalue weighted by atomic mass is 10.1. The largest absolute Gasteiger partial charge is 0.362 e. The predicted molar refractivity (Wildman–Crippen MR) is 92.5 cm³/mol. The molecule has 0 spiro atoms. The highest BCUT2D eigenvalue weighted by atomic mass is 19.1. The Labute approximate surface area is 143 Å². The number of fused-ring (bicyclic) bond motifs is 1. The minimum absolute atomic E-state index is 0.0775. The van der Waals surface area contributed by atoms with Crippen LogP contribution in [-0.2, 0) is 0 Å². The van der Waals surface area contributed by atoms with E-state index >= 15 is 0 Å². The first-order valence-corrected chi connectivity index (χ1v) is 7.84. The zero-order valence-electron chi connectivity index (χ0n) is 13.5. The van der Waals surface area contributed by atoms with E-state index in [4.69, 9.17) is 0 Å². The minimum Gasteiger partial charge on any atom is -0.362 e. The highest BCUT2D eigenvalue weighted by Gasteiger charge is 2.14. The van der Waals surface area contributed by atoms with Crippen LogP contribution >= 0.6 is 0 Å². The summed E-state index contributed by atoms with van der Waals surface area (Å²) in [4.78, 5) is 12.7. The Hall–Kier alpha value is -3.35. The second-order valence-electron chi connectivity index (χ2n) is 5.61. The standard InChI is InChI=1S/C18H15FN6/c1-12(15-6-8-20-11-21-15)23-18-10-16(13-4-2-3-5-14(13)19)24-17-7-9-22-25(17)18/h2-12,23H,1H3/t12-/m1/s1. The van der Waals surface area contributed by atoms with Crippen molar-refractivity contribution in [2.45, 2.75) is 13.0 Å². The van der Waals surface area contributed by atoms with Crippen molar-refractivity contribution < 1.29 is 4.39 Å². The third kappa shape index (κ3) is 2.91. The smallest absolute Gasteiger partial charge is 0.157 e. The van der Waals surface area contributed by atoms with Crippen molar-refractivity contribution >= 4 is 11.5 Å². The number of nitrogens with zero attached hydrogens (tertiary/aromatic N) is 5. The Kier molecular flexibility index (Phi) is 3.81. The van der Waals surface area contributed by atoms with Crippen LogP contribution in [0, 0.1) is 5.82 Å². The van der Waals surface area contributed by atoms with Crippen LogP contribution in [0.5, 0.6) is 0 Å². The topological polar surface area (TPSA) is 68.0 Å². The van der Waals surface area contributed by atoms with E-state index in [0.717, 1.165) is 5.69 Å². The van der Waals surface area contributed by atoms with Gasteiger partial charge in [0, 0.05) is 23.9 Å². The quantitative estimate of drug-likeness (QED) is 0.619. The molecule has 0 fully saturated rings. The summed E-state index contributed by atoms with van der Waals surface area (Å²) in [5.41, 5.74) is 2.48. The molecule has 1 N–H and O–H groups in total. The Morgan fingerprint density at radius 1 is 1.12 bits per heavy atom. The molecule has 1 aromatic carbocycles. The van der Waals surface area contributed by atoms with Gasteiger partial charge >= 0.3 is 0 Å². The third-order valence-electron chi connectivity index (χ3n) is 3.92. The number of anilines is 1. The number of halogens is 1. The summed E-state index contributed by atoms with van der Waals surface area (Å²) >= 11 is 0. The van der Waals surface area contributed by atoms with Crippen LogP contribution in [-0.4, -0.2) is 24.6 Å². The van der Waals surface area contributed by atoms with Crippen LogP contribution in [0.2, 0.25) is 0 Å². The van der Waals surface area contributed by atoms with Gasteiger partial charge in [-0.1, -0.05) is 12.1 Å². The lowest BCUT2D eigenvalue weighted by Crippen LogP contribution is -2.12. The molecule has 25 heavy (non-hydrogen) atoms. The summed E-state index contributed by atoms with van der Waals surface area (Å²) in [7, 11) is 0. The van der Waals surface area contributed by atoms with Gasteiger partial charge in [0.2, 0.25) is 0 Å². The van der Waals surface area contributed by atoms with Crippen LogP contribution in [0.15, 0.2) is 61.2 Å². The molecule has 7 heteroatoms. The average molecular weight is 334 g/mol. The molecule has 1 atom stereocenters. The van der Waals surface area contributed by atoms with Crippen molar-refractivity contribution in [1.29, 1.82) is 0 Å². The van der Waals surface area contributed by atoms with Crippen molar-refractivity contribution in [3.63, 3.8) is 0 Å². The third-order valence-corrected chi connectivity index (χ3v) is 3.92. The van der Waals surface area contributed by atoms with Crippen LogP contribution in [0.4, 0.5) is 10.2 Å². The van der Waals surface area contributed by atoms with Gasteiger partial charge in [0.15, 0.2) is 5.65 Å². The monoisotopic (exact) mass is 334 g/mol. The van der Waals surface area contributed by atoms with Gasteiger partial charge in [-0.25, -0.2) is 19.3 Å². The second-order valence-corrected chi connectivity index (χ2v) is 5.61. The molecular formula is C18H15FN6. The molecule has 4 rings (SSSR count). The molecule has 3 heterocycles. The van der Waals surface area contributed by atoms with E-state index in [9.17, 15) is 4.39 Å². The van der Waals surface area contributed by atoms with Crippen LogP contribution in [0.3, 0.4) is 0 Å². The molecule has 6 nitrogen and oxygen atoms in total. The molecule has 124 valence electrons. The van der Waals surface area contributed by atoms with E-state index in [0.29, 0.717) is 22.7 Å². The van der Waals surface area contributed by atoms with Gasteiger partial charge in [-0.3, -0.25) is 0 Å². The van der Waals surface area contributed by atoms with E-state index < -0.39 is 0 Å². The first-order chi connectivity index (χ1) is 12.2. The number of hydrogen-bond donors (Lipinski definition) is 1. The SMILES string of the molecule is C[C@@H](Nc1cc(-c2ccccc2F)nc2ccnn12)c1ccncn1. The molecule has 0 amide bonds. The Bertz CT molecular complexity index is 1010. The summed E-state index contributed by atoms with van der Waals surface area (Å²) in [6, 6.07) is 11.9. The lowest BCUT2D eigenvalue weighted by Gasteiger charge is -2.16. The first kappa shape index (κ1) is 15.2. The van der Waals surface area contributed by atoms with Gasteiger partial charge in [0.1, 0.15) is 18.0 Å². The lowest BCUT2D eigenvalue weighted by molar-refractivity contribution is 0.630. The molecule has 0 radical (unpaired) electrons. The zero-order chi connectivity index (χ0) is 17.2. The van der Waals surface area contributed by atoms with E-state index in [2.05, 4.69) is 25.4 Å². The summed E-state index contributed by atoms with van der Waals surface area (Å²) in [6.45, 7) is 1.99. The molecule has 0 bridgehead atoms. The van der Waals surface area contributed by atoms with Crippen molar-refractivity contribution in [2.75, 3.05) is 5.32 Å². The maximum atomic E-state index is 14.2. The number of nitrogens with one attached hydrogen (secondary N) is 1. The summed E-state index contributed by atoms with van der Waals surface area (Å²) < 4.78 is 15.8. The Balaban J connectivity index is 1.78. The molecule has 3 aromatic heterocycles. The summed E-state index contributed by atoms with van der Waals surface area (Å²) in [5, 5.41) is 7.65. The van der Waals surface area contributed by atoms with E-state index in [1.165, 1.54) is 12.4 Å². The average Bonchev–Trinajstić information content (AvgIpc) is 3.11. The minimum atomic E-state index is -0.311. The Morgan fingerprint density at radius 2 is 2.00 bits per heavy atom. The summed E-state index contributed by atoms with van der Waals surface area (Å²) in [6.07, 6.45) is 4.86. The fourth-order valence-electron chi connectivity index (χ4n) is 2.68. The van der Waals surface area contributed by atoms with E-state index in [1.807, 2.05) is 13.0 Å². The molecule has 0 unspecified atom stereocenters. The summed E-state index contributed by atoms with van der Waals surface area (Å²) in [5.74, 6) is 0.396. The van der Waals surface area contributed by atoms with E-state index in [1.54, 1.807) is 47.2 Å². The zero-order valence-corrected chi connectivity index (χ0v) is 13.5. The van der Waals surface area contributed by atoms with Crippen LogP contribution in [0.25, 0.3) is 16.9 Å². The fourth-order valence-corrected chi connectivity index (χ4v) is 2.68. The number of rotatable bonds is 4. The highest BCUT2D eigenvalue weighted by molar-refractivity contribution is 5.67. The molecule has 0 aliphatic heterocycles. The number of hydrogen-bond acceptors (Lipinski definition) is 5. The molecular weight excluding hydrogens is 319 g/mol. The van der Waals surface area contributed by atoms with E-state index in [-0.39, 0.29) is 11.9 Å². The number of aromatic nitrogens is 5. The highest BCUT2D eigenvalue weighted by Crippen LogP contribution is 2.26. The van der Waals surface area contributed by atoms with Crippen LogP contribution in [0.1, 0.15) is 18.7 Å². The number of benzene rings is 1. The maximum absolute atomic E-state index is 14.2. The maximum Gasteiger partial charge on any atom is 0.157 e. The Morgan fingerprint density at radius 3 is 2.80 bits per heavy atom. The van der Waals surface area contributed by atoms with Gasteiger partial charge in [0.05, 0.1) is 23.6 Å². The molecule has 0 saturated heterocycles. The van der Waals surface area contributed by atoms with Gasteiger partial charge < -0.3 is 5.32 Å². The van der Waals surface area contributed by atoms with Gasteiger partial charge in [-0.15, -0.1) is 0 Å². The first-order valence-electron chi connectivity index (χ1n) is 7.84. The molecule has 0 saturated carbocycles. The van der Waals surface area contributed by atoms with Crippen molar-refractivity contribution in [1.82, 2.24) is 24.6 Å².